The van der Waals surface area contributed by atoms with Gasteiger partial charge in [0, 0.05) is 35.6 Å². The Hall–Kier alpha value is -5.10. The third-order valence-corrected chi connectivity index (χ3v) is 14.6. The number of fused-ring (bicyclic) bond motifs is 2. The second-order valence-corrected chi connectivity index (χ2v) is 20.5. The minimum absolute atomic E-state index is 0.543. The van der Waals surface area contributed by atoms with E-state index in [4.69, 9.17) is 18.9 Å². The van der Waals surface area contributed by atoms with Crippen molar-refractivity contribution >= 4 is 11.4 Å². The van der Waals surface area contributed by atoms with Crippen molar-refractivity contribution in [3.8, 4) is 34.5 Å². The first kappa shape index (κ1) is 52.7. The Kier molecular flexibility index (Phi) is 23.0. The fourth-order valence-corrected chi connectivity index (χ4v) is 10.2. The van der Waals surface area contributed by atoms with Crippen molar-refractivity contribution < 1.29 is 18.9 Å². The summed E-state index contributed by atoms with van der Waals surface area (Å²) in [6.45, 7) is 7.34. The van der Waals surface area contributed by atoms with Crippen LogP contribution in [-0.2, 0) is 25.9 Å². The van der Waals surface area contributed by atoms with Crippen molar-refractivity contribution in [3.05, 3.63) is 131 Å². The van der Waals surface area contributed by atoms with Crippen LogP contribution in [0.2, 0.25) is 0 Å². The van der Waals surface area contributed by atoms with E-state index in [9.17, 15) is 0 Å². The van der Waals surface area contributed by atoms with Crippen molar-refractivity contribution in [1.29, 1.82) is 0 Å². The van der Waals surface area contributed by atoms with Crippen LogP contribution in [0.4, 0.5) is 11.4 Å². The van der Waals surface area contributed by atoms with E-state index in [0.29, 0.717) is 13.5 Å². The molecule has 6 nitrogen and oxygen atoms in total. The Labute approximate surface area is 424 Å². The SMILES string of the molecule is CCCCCCCCCCCCCCCc1ccc2c(c1)OCN(c1ccc(Oc3ccc(Oc4ccc(N5COc6cc(CCCCCCCCCCCCCCC)ccc6C5)cc4)cc3)cc1)C2. The Morgan fingerprint density at radius 2 is 0.629 bits per heavy atom. The summed E-state index contributed by atoms with van der Waals surface area (Å²) >= 11 is 0. The number of rotatable bonds is 34. The molecule has 0 bridgehead atoms. The standard InChI is InChI=1S/C64H88N2O4/c1-3-5-7-9-11-13-15-17-19-21-23-25-27-29-53-31-33-55-49-65(51-67-63(55)47-53)57-35-39-59(40-36-57)69-61-43-45-62(46-44-61)70-60-41-37-58(38-42-60)66-50-56-34-32-54(48-64(56)68-52-66)30-28-26-24-22-20-18-16-14-12-10-8-6-4-2/h31-48H,3-30,49-52H2,1-2H3. The van der Waals surface area contributed by atoms with Gasteiger partial charge in [-0.05, 0) is 122 Å². The molecule has 0 unspecified atom stereocenters. The molecule has 0 fully saturated rings. The van der Waals surface area contributed by atoms with Crippen molar-refractivity contribution in [2.24, 2.45) is 0 Å². The molecule has 0 saturated heterocycles. The van der Waals surface area contributed by atoms with Gasteiger partial charge in [-0.2, -0.15) is 0 Å². The molecular formula is C64H88N2O4. The van der Waals surface area contributed by atoms with Crippen LogP contribution in [0.5, 0.6) is 34.5 Å². The predicted molar refractivity (Wildman–Crippen MR) is 295 cm³/mol. The monoisotopic (exact) mass is 949 g/mol. The van der Waals surface area contributed by atoms with Crippen LogP contribution < -0.4 is 28.7 Å². The Morgan fingerprint density at radius 3 is 0.943 bits per heavy atom. The fraction of sp³-hybridized carbons (Fsp3) is 0.531. The second-order valence-electron chi connectivity index (χ2n) is 20.5. The van der Waals surface area contributed by atoms with E-state index in [0.717, 1.165) is 71.8 Å². The number of nitrogens with zero attached hydrogens (tertiary/aromatic N) is 2. The summed E-state index contributed by atoms with van der Waals surface area (Å²) in [6.07, 6.45) is 38.4. The zero-order valence-electron chi connectivity index (χ0n) is 43.5. The molecule has 2 aliphatic rings. The molecule has 70 heavy (non-hydrogen) atoms. The van der Waals surface area contributed by atoms with Crippen LogP contribution in [0.1, 0.15) is 203 Å². The Morgan fingerprint density at radius 1 is 0.343 bits per heavy atom. The zero-order valence-corrected chi connectivity index (χ0v) is 43.5. The van der Waals surface area contributed by atoms with E-state index >= 15 is 0 Å². The van der Waals surface area contributed by atoms with Gasteiger partial charge in [0.1, 0.15) is 34.5 Å². The topological polar surface area (TPSA) is 43.4 Å². The highest BCUT2D eigenvalue weighted by Crippen LogP contribution is 2.34. The lowest BCUT2D eigenvalue weighted by Gasteiger charge is -2.31. The van der Waals surface area contributed by atoms with E-state index < -0.39 is 0 Å². The number of ether oxygens (including phenoxy) is 4. The number of hydrogen-bond acceptors (Lipinski definition) is 6. The van der Waals surface area contributed by atoms with Gasteiger partial charge in [-0.3, -0.25) is 0 Å². The van der Waals surface area contributed by atoms with Gasteiger partial charge in [0.25, 0.3) is 0 Å². The molecule has 0 spiro atoms. The summed E-state index contributed by atoms with van der Waals surface area (Å²) in [5.74, 6) is 5.18. The van der Waals surface area contributed by atoms with Crippen molar-refractivity contribution in [3.63, 3.8) is 0 Å². The maximum atomic E-state index is 6.28. The quantitative estimate of drug-likeness (QED) is 0.0383. The lowest BCUT2D eigenvalue weighted by atomic mass is 10.0. The Balaban J connectivity index is 0.753. The maximum Gasteiger partial charge on any atom is 0.161 e. The molecule has 6 heteroatoms. The molecule has 0 radical (unpaired) electrons. The van der Waals surface area contributed by atoms with E-state index in [1.165, 1.54) is 189 Å². The van der Waals surface area contributed by atoms with Crippen LogP contribution in [0.25, 0.3) is 0 Å². The van der Waals surface area contributed by atoms with Crippen LogP contribution in [-0.4, -0.2) is 13.5 Å². The van der Waals surface area contributed by atoms with E-state index in [-0.39, 0.29) is 0 Å². The number of aryl methyl sites for hydroxylation is 2. The molecule has 0 aromatic heterocycles. The average molecular weight is 949 g/mol. The number of unbranched alkanes of at least 4 members (excludes halogenated alkanes) is 24. The van der Waals surface area contributed by atoms with Crippen LogP contribution in [0.3, 0.4) is 0 Å². The lowest BCUT2D eigenvalue weighted by molar-refractivity contribution is 0.289. The molecule has 0 aliphatic carbocycles. The van der Waals surface area contributed by atoms with E-state index in [1.54, 1.807) is 0 Å². The second kappa shape index (κ2) is 30.6. The van der Waals surface area contributed by atoms with Gasteiger partial charge in [-0.25, -0.2) is 0 Å². The van der Waals surface area contributed by atoms with E-state index in [2.05, 4.69) is 84.3 Å². The first-order chi connectivity index (χ1) is 34.6. The van der Waals surface area contributed by atoms with Gasteiger partial charge in [0.2, 0.25) is 0 Å². The average Bonchev–Trinajstić information content (AvgIpc) is 3.39. The van der Waals surface area contributed by atoms with Gasteiger partial charge >= 0.3 is 0 Å². The Bertz CT molecular complexity index is 2030. The maximum absolute atomic E-state index is 6.28. The minimum Gasteiger partial charge on any atom is -0.473 e. The predicted octanol–water partition coefficient (Wildman–Crippen LogP) is 19.3. The van der Waals surface area contributed by atoms with Crippen LogP contribution >= 0.6 is 0 Å². The highest BCUT2D eigenvalue weighted by Gasteiger charge is 2.20. The summed E-state index contributed by atoms with van der Waals surface area (Å²) in [6, 6.07) is 38.0. The lowest BCUT2D eigenvalue weighted by Crippen LogP contribution is -2.31. The molecule has 0 amide bonds. The van der Waals surface area contributed by atoms with Crippen LogP contribution in [0, 0.1) is 0 Å². The van der Waals surface area contributed by atoms with Crippen molar-refractivity contribution in [1.82, 2.24) is 0 Å². The number of anilines is 2. The normalized spacial score (nSPS) is 13.1. The van der Waals surface area contributed by atoms with Crippen molar-refractivity contribution in [2.75, 3.05) is 23.3 Å². The summed E-state index contributed by atoms with van der Waals surface area (Å²) < 4.78 is 25.0. The van der Waals surface area contributed by atoms with Gasteiger partial charge in [0.05, 0.1) is 0 Å². The molecule has 2 heterocycles. The smallest absolute Gasteiger partial charge is 0.161 e. The highest BCUT2D eigenvalue weighted by molar-refractivity contribution is 5.54. The van der Waals surface area contributed by atoms with Gasteiger partial charge in [-0.15, -0.1) is 0 Å². The molecule has 2 aliphatic heterocycles. The minimum atomic E-state index is 0.543. The molecule has 0 atom stereocenters. The summed E-state index contributed by atoms with van der Waals surface area (Å²) in [4.78, 5) is 4.54. The third-order valence-electron chi connectivity index (χ3n) is 14.6. The summed E-state index contributed by atoms with van der Waals surface area (Å²) in [7, 11) is 0. The number of hydrogen-bond donors (Lipinski definition) is 0. The third kappa shape index (κ3) is 18.3. The summed E-state index contributed by atoms with van der Waals surface area (Å²) in [5, 5.41) is 0. The largest absolute Gasteiger partial charge is 0.473 e. The molecule has 5 aromatic rings. The molecule has 0 saturated carbocycles. The van der Waals surface area contributed by atoms with Crippen LogP contribution in [0.15, 0.2) is 109 Å². The fourth-order valence-electron chi connectivity index (χ4n) is 10.2. The molecule has 0 N–H and O–H groups in total. The molecule has 378 valence electrons. The number of benzene rings is 5. The summed E-state index contributed by atoms with van der Waals surface area (Å²) in [5.41, 5.74) is 7.50. The van der Waals surface area contributed by atoms with Gasteiger partial charge in [0.15, 0.2) is 13.5 Å². The van der Waals surface area contributed by atoms with Crippen molar-refractivity contribution in [2.45, 2.75) is 207 Å². The van der Waals surface area contributed by atoms with Gasteiger partial charge in [-0.1, -0.05) is 192 Å². The molecular weight excluding hydrogens is 861 g/mol. The molecule has 5 aromatic carbocycles. The highest BCUT2D eigenvalue weighted by atomic mass is 16.5. The van der Waals surface area contributed by atoms with E-state index in [1.807, 2.05) is 48.5 Å². The first-order valence-electron chi connectivity index (χ1n) is 28.3. The van der Waals surface area contributed by atoms with Gasteiger partial charge < -0.3 is 28.7 Å². The first-order valence-corrected chi connectivity index (χ1v) is 28.3. The molecule has 7 rings (SSSR count). The zero-order chi connectivity index (χ0) is 48.3.